The molecule has 1 atom stereocenters. The summed E-state index contributed by atoms with van der Waals surface area (Å²) in [5, 5.41) is 7.54. The molecule has 0 aliphatic heterocycles. The lowest BCUT2D eigenvalue weighted by atomic mass is 10.0. The second kappa shape index (κ2) is 6.75. The van der Waals surface area contributed by atoms with Crippen LogP contribution < -0.4 is 11.1 Å². The first kappa shape index (κ1) is 14.1. The number of anilines is 1. The van der Waals surface area contributed by atoms with Crippen LogP contribution in [0.2, 0.25) is 0 Å². The zero-order valence-electron chi connectivity index (χ0n) is 11.6. The van der Waals surface area contributed by atoms with E-state index in [1.165, 1.54) is 5.56 Å². The highest BCUT2D eigenvalue weighted by atomic mass is 16.1. The molecule has 0 fully saturated rings. The average molecular weight is 272 g/mol. The van der Waals surface area contributed by atoms with E-state index in [0.29, 0.717) is 6.04 Å². The van der Waals surface area contributed by atoms with E-state index in [0.717, 1.165) is 18.5 Å². The van der Waals surface area contributed by atoms with E-state index >= 15 is 0 Å². The van der Waals surface area contributed by atoms with Crippen molar-refractivity contribution in [1.29, 1.82) is 0 Å². The molecule has 2 rings (SSSR count). The van der Waals surface area contributed by atoms with Gasteiger partial charge in [0.25, 0.3) is 0 Å². The fourth-order valence-corrected chi connectivity index (χ4v) is 2.12. The summed E-state index contributed by atoms with van der Waals surface area (Å²) >= 11 is 0. The van der Waals surface area contributed by atoms with Crippen molar-refractivity contribution in [3.63, 3.8) is 0 Å². The van der Waals surface area contributed by atoms with Gasteiger partial charge in [0.1, 0.15) is 6.54 Å². The number of hydrogen-bond donors (Lipinski definition) is 2. The molecule has 1 amide bonds. The Morgan fingerprint density at radius 3 is 2.80 bits per heavy atom. The molecule has 0 saturated carbocycles. The molecule has 0 aliphatic carbocycles. The van der Waals surface area contributed by atoms with Crippen molar-refractivity contribution in [2.24, 2.45) is 5.73 Å². The van der Waals surface area contributed by atoms with Crippen LogP contribution >= 0.6 is 0 Å². The Morgan fingerprint density at radius 2 is 2.15 bits per heavy atom. The highest BCUT2D eigenvalue weighted by Crippen LogP contribution is 2.12. The van der Waals surface area contributed by atoms with E-state index in [-0.39, 0.29) is 6.54 Å². The number of carbonyl (C=O) groups excluding carboxylic acids is 1. The molecule has 20 heavy (non-hydrogen) atoms. The third-order valence-corrected chi connectivity index (χ3v) is 3.14. The fraction of sp³-hybridized carbons (Fsp3) is 0.333. The summed E-state index contributed by atoms with van der Waals surface area (Å²) in [6, 6.07) is 10.7. The first-order valence-corrected chi connectivity index (χ1v) is 6.78. The van der Waals surface area contributed by atoms with Crippen molar-refractivity contribution in [2.75, 3.05) is 5.32 Å². The average Bonchev–Trinajstić information content (AvgIpc) is 2.85. The summed E-state index contributed by atoms with van der Waals surface area (Å²) in [5.74, 6) is -0.393. The number of aromatic nitrogens is 2. The number of benzene rings is 1. The summed E-state index contributed by atoms with van der Waals surface area (Å²) in [4.78, 5) is 10.8. The number of nitrogens with zero attached hydrogens (tertiary/aromatic N) is 2. The molecule has 0 aliphatic rings. The van der Waals surface area contributed by atoms with Crippen LogP contribution in [0, 0.1) is 0 Å². The summed E-state index contributed by atoms with van der Waals surface area (Å²) in [5.41, 5.74) is 7.36. The molecular formula is C15H20N4O. The number of primary amides is 1. The van der Waals surface area contributed by atoms with Gasteiger partial charge in [-0.2, -0.15) is 5.10 Å². The van der Waals surface area contributed by atoms with E-state index < -0.39 is 5.91 Å². The lowest BCUT2D eigenvalue weighted by Crippen LogP contribution is -2.21. The lowest BCUT2D eigenvalue weighted by molar-refractivity contribution is -0.118. The van der Waals surface area contributed by atoms with Crippen LogP contribution in [-0.2, 0) is 17.8 Å². The van der Waals surface area contributed by atoms with Crippen LogP contribution in [-0.4, -0.2) is 21.7 Å². The van der Waals surface area contributed by atoms with Crippen molar-refractivity contribution in [3.05, 3.63) is 48.3 Å². The quantitative estimate of drug-likeness (QED) is 0.807. The zero-order chi connectivity index (χ0) is 14.4. The minimum atomic E-state index is -0.393. The van der Waals surface area contributed by atoms with Crippen molar-refractivity contribution in [3.8, 4) is 0 Å². The maximum Gasteiger partial charge on any atom is 0.239 e. The van der Waals surface area contributed by atoms with Gasteiger partial charge in [-0.1, -0.05) is 37.3 Å². The number of carbonyl (C=O) groups is 1. The minimum absolute atomic E-state index is 0.108. The van der Waals surface area contributed by atoms with Crippen LogP contribution in [0.15, 0.2) is 42.7 Å². The van der Waals surface area contributed by atoms with E-state index in [2.05, 4.69) is 29.5 Å². The SMILES string of the molecule is CCC(Cc1ccccc1)Nc1cnn(CC(N)=O)c1. The molecule has 0 radical (unpaired) electrons. The van der Waals surface area contributed by atoms with E-state index in [4.69, 9.17) is 5.73 Å². The Bertz CT molecular complexity index is 550. The Hall–Kier alpha value is -2.30. The molecular weight excluding hydrogens is 252 g/mol. The lowest BCUT2D eigenvalue weighted by Gasteiger charge is -2.17. The third kappa shape index (κ3) is 4.12. The van der Waals surface area contributed by atoms with Crippen LogP contribution in [0.4, 0.5) is 5.69 Å². The Kier molecular flexibility index (Phi) is 4.76. The second-order valence-corrected chi connectivity index (χ2v) is 4.83. The van der Waals surface area contributed by atoms with Gasteiger partial charge in [0.05, 0.1) is 11.9 Å². The highest BCUT2D eigenvalue weighted by Gasteiger charge is 2.09. The number of amides is 1. The number of hydrogen-bond acceptors (Lipinski definition) is 3. The number of nitrogens with two attached hydrogens (primary N) is 1. The Labute approximate surface area is 118 Å². The van der Waals surface area contributed by atoms with Crippen molar-refractivity contribution in [1.82, 2.24) is 9.78 Å². The largest absolute Gasteiger partial charge is 0.379 e. The molecule has 1 aromatic heterocycles. The number of nitrogens with one attached hydrogen (secondary N) is 1. The van der Waals surface area contributed by atoms with Crippen LogP contribution in [0.25, 0.3) is 0 Å². The normalized spacial score (nSPS) is 12.1. The van der Waals surface area contributed by atoms with Crippen molar-refractivity contribution >= 4 is 11.6 Å². The standard InChI is InChI=1S/C15H20N4O/c1-2-13(8-12-6-4-3-5-7-12)18-14-9-17-19(10-14)11-15(16)20/h3-7,9-10,13,18H,2,8,11H2,1H3,(H2,16,20). The molecule has 106 valence electrons. The topological polar surface area (TPSA) is 72.9 Å². The van der Waals surface area contributed by atoms with Crippen LogP contribution in [0.3, 0.4) is 0 Å². The Morgan fingerprint density at radius 1 is 1.40 bits per heavy atom. The second-order valence-electron chi connectivity index (χ2n) is 4.83. The molecule has 1 unspecified atom stereocenters. The molecule has 2 aromatic rings. The zero-order valence-corrected chi connectivity index (χ0v) is 11.6. The molecule has 5 nitrogen and oxygen atoms in total. The van der Waals surface area contributed by atoms with Crippen LogP contribution in [0.1, 0.15) is 18.9 Å². The molecule has 3 N–H and O–H groups in total. The van der Waals surface area contributed by atoms with Gasteiger partial charge in [0.15, 0.2) is 0 Å². The predicted octanol–water partition coefficient (Wildman–Crippen LogP) is 1.80. The van der Waals surface area contributed by atoms with E-state index in [1.54, 1.807) is 17.1 Å². The number of rotatable bonds is 7. The summed E-state index contributed by atoms with van der Waals surface area (Å²) < 4.78 is 1.54. The maximum atomic E-state index is 10.8. The first-order valence-electron chi connectivity index (χ1n) is 6.78. The molecule has 5 heteroatoms. The van der Waals surface area contributed by atoms with Crippen molar-refractivity contribution < 1.29 is 4.79 Å². The van der Waals surface area contributed by atoms with Crippen molar-refractivity contribution in [2.45, 2.75) is 32.4 Å². The van der Waals surface area contributed by atoms with Gasteiger partial charge in [-0.05, 0) is 18.4 Å². The smallest absolute Gasteiger partial charge is 0.239 e. The van der Waals surface area contributed by atoms with Gasteiger partial charge >= 0.3 is 0 Å². The molecule has 0 saturated heterocycles. The first-order chi connectivity index (χ1) is 9.67. The van der Waals surface area contributed by atoms with E-state index in [1.807, 2.05) is 18.2 Å². The van der Waals surface area contributed by atoms with Crippen LogP contribution in [0.5, 0.6) is 0 Å². The monoisotopic (exact) mass is 272 g/mol. The summed E-state index contributed by atoms with van der Waals surface area (Å²) in [6.07, 6.45) is 5.49. The maximum absolute atomic E-state index is 10.8. The van der Waals surface area contributed by atoms with Gasteiger partial charge < -0.3 is 11.1 Å². The fourth-order valence-electron chi connectivity index (χ4n) is 2.12. The molecule has 0 spiro atoms. The summed E-state index contributed by atoms with van der Waals surface area (Å²) in [7, 11) is 0. The van der Waals surface area contributed by atoms with Gasteiger partial charge in [0.2, 0.25) is 5.91 Å². The third-order valence-electron chi connectivity index (χ3n) is 3.14. The molecule has 1 aromatic carbocycles. The summed E-state index contributed by atoms with van der Waals surface area (Å²) in [6.45, 7) is 2.26. The highest BCUT2D eigenvalue weighted by molar-refractivity contribution is 5.73. The molecule has 1 heterocycles. The van der Waals surface area contributed by atoms with Gasteiger partial charge in [-0.3, -0.25) is 9.48 Å². The minimum Gasteiger partial charge on any atom is -0.379 e. The van der Waals surface area contributed by atoms with E-state index in [9.17, 15) is 4.79 Å². The predicted molar refractivity (Wildman–Crippen MR) is 79.3 cm³/mol. The van der Waals surface area contributed by atoms with Gasteiger partial charge in [0, 0.05) is 12.2 Å². The van der Waals surface area contributed by atoms with Gasteiger partial charge in [-0.25, -0.2) is 0 Å². The molecule has 0 bridgehead atoms. The van der Waals surface area contributed by atoms with Gasteiger partial charge in [-0.15, -0.1) is 0 Å². The Balaban J connectivity index is 1.96.